The van der Waals surface area contributed by atoms with E-state index in [0.29, 0.717) is 25.8 Å². The van der Waals surface area contributed by atoms with Crippen LogP contribution in [0.5, 0.6) is 0 Å². The Balaban J connectivity index is 1.66. The lowest BCUT2D eigenvalue weighted by atomic mass is 10.2. The maximum absolute atomic E-state index is 12.4. The van der Waals surface area contributed by atoms with Crippen LogP contribution < -0.4 is 26.6 Å². The van der Waals surface area contributed by atoms with Crippen LogP contribution in [0, 0.1) is 0 Å². The predicted molar refractivity (Wildman–Crippen MR) is 115 cm³/mol. The van der Waals surface area contributed by atoms with Crippen LogP contribution in [0.15, 0.2) is 0 Å². The van der Waals surface area contributed by atoms with E-state index in [1.54, 1.807) is 0 Å². The number of rotatable bonds is 10. The van der Waals surface area contributed by atoms with Crippen molar-refractivity contribution in [2.75, 3.05) is 26.2 Å². The minimum atomic E-state index is -1.09. The summed E-state index contributed by atoms with van der Waals surface area (Å²) in [5.74, 6) is -3.67. The zero-order valence-electron chi connectivity index (χ0n) is 18.8. The normalized spacial score (nSPS) is 21.6. The first-order chi connectivity index (χ1) is 15.6. The Kier molecular flexibility index (Phi) is 9.57. The van der Waals surface area contributed by atoms with E-state index in [9.17, 15) is 33.9 Å². The third kappa shape index (κ3) is 7.70. The molecule has 2 saturated heterocycles. The molecule has 2 aliphatic rings. The molecule has 13 nitrogen and oxygen atoms in total. The third-order valence-corrected chi connectivity index (χ3v) is 5.57. The van der Waals surface area contributed by atoms with E-state index >= 15 is 0 Å². The van der Waals surface area contributed by atoms with E-state index in [-0.39, 0.29) is 11.9 Å². The van der Waals surface area contributed by atoms with Crippen molar-refractivity contribution < 1.29 is 33.9 Å². The van der Waals surface area contributed by atoms with Crippen molar-refractivity contribution >= 4 is 35.5 Å². The molecule has 33 heavy (non-hydrogen) atoms. The summed E-state index contributed by atoms with van der Waals surface area (Å²) in [6.45, 7) is 3.19. The Morgan fingerprint density at radius 2 is 1.64 bits per heavy atom. The molecule has 0 aromatic rings. The quantitative estimate of drug-likeness (QED) is 0.196. The van der Waals surface area contributed by atoms with E-state index in [0.717, 1.165) is 13.0 Å². The molecule has 5 amide bonds. The fourth-order valence-corrected chi connectivity index (χ4v) is 3.74. The van der Waals surface area contributed by atoms with Crippen molar-refractivity contribution in [3.63, 3.8) is 0 Å². The fourth-order valence-electron chi connectivity index (χ4n) is 3.74. The Morgan fingerprint density at radius 1 is 0.939 bits per heavy atom. The Bertz CT molecular complexity index is 783. The highest BCUT2D eigenvalue weighted by Crippen LogP contribution is 2.18. The lowest BCUT2D eigenvalue weighted by Crippen LogP contribution is -2.53. The molecule has 0 aromatic carbocycles. The molecular formula is C20H32N6O7. The highest BCUT2D eigenvalue weighted by atomic mass is 16.4. The summed E-state index contributed by atoms with van der Waals surface area (Å²) in [5, 5.41) is 21.9. The molecule has 2 rings (SSSR count). The molecule has 0 bridgehead atoms. The van der Waals surface area contributed by atoms with Crippen LogP contribution in [-0.4, -0.2) is 95.9 Å². The van der Waals surface area contributed by atoms with Crippen LogP contribution in [0.1, 0.15) is 39.5 Å². The molecule has 0 spiro atoms. The molecule has 6 N–H and O–H groups in total. The lowest BCUT2D eigenvalue weighted by Gasteiger charge is -2.25. The van der Waals surface area contributed by atoms with Crippen LogP contribution in [0.25, 0.3) is 0 Å². The largest absolute Gasteiger partial charge is 0.480 e. The van der Waals surface area contributed by atoms with Crippen LogP contribution in [0.3, 0.4) is 0 Å². The summed E-state index contributed by atoms with van der Waals surface area (Å²) in [6, 6.07) is -3.01. The molecule has 2 aliphatic heterocycles. The average Bonchev–Trinajstić information content (AvgIpc) is 3.47. The van der Waals surface area contributed by atoms with Gasteiger partial charge in [-0.05, 0) is 46.1 Å². The van der Waals surface area contributed by atoms with Gasteiger partial charge in [0.25, 0.3) is 0 Å². The van der Waals surface area contributed by atoms with Gasteiger partial charge in [0, 0.05) is 6.54 Å². The first kappa shape index (κ1) is 26.0. The first-order valence-electron chi connectivity index (χ1n) is 11.0. The number of hydrogen-bond acceptors (Lipinski definition) is 7. The van der Waals surface area contributed by atoms with E-state index in [1.807, 2.05) is 0 Å². The molecular weight excluding hydrogens is 436 g/mol. The number of hydrogen-bond donors (Lipinski definition) is 6. The van der Waals surface area contributed by atoms with Gasteiger partial charge < -0.3 is 36.6 Å². The zero-order valence-corrected chi connectivity index (χ0v) is 18.8. The third-order valence-electron chi connectivity index (χ3n) is 5.57. The van der Waals surface area contributed by atoms with Crippen LogP contribution >= 0.6 is 0 Å². The average molecular weight is 469 g/mol. The van der Waals surface area contributed by atoms with Gasteiger partial charge in [0.1, 0.15) is 18.1 Å². The summed E-state index contributed by atoms with van der Waals surface area (Å²) >= 11 is 0. The number of aliphatic carboxylic acids is 1. The number of likely N-dealkylation sites (tertiary alicyclic amines) is 1. The molecule has 0 aliphatic carbocycles. The minimum absolute atomic E-state index is 0.274. The number of carboxylic acids is 1. The number of amides is 5. The zero-order chi connectivity index (χ0) is 24.5. The second-order valence-corrected chi connectivity index (χ2v) is 8.19. The van der Waals surface area contributed by atoms with Crippen molar-refractivity contribution in [2.45, 2.75) is 63.7 Å². The maximum atomic E-state index is 12.4. The van der Waals surface area contributed by atoms with Crippen molar-refractivity contribution in [3.8, 4) is 0 Å². The van der Waals surface area contributed by atoms with E-state index in [4.69, 9.17) is 0 Å². The highest BCUT2D eigenvalue weighted by Gasteiger charge is 2.36. The molecule has 0 unspecified atom stereocenters. The van der Waals surface area contributed by atoms with Gasteiger partial charge in [0.2, 0.25) is 29.5 Å². The Morgan fingerprint density at radius 3 is 2.27 bits per heavy atom. The second kappa shape index (κ2) is 12.1. The van der Waals surface area contributed by atoms with Crippen LogP contribution in [-0.2, 0) is 28.8 Å². The molecule has 184 valence electrons. The smallest absolute Gasteiger partial charge is 0.326 e. The van der Waals surface area contributed by atoms with Gasteiger partial charge in [-0.25, -0.2) is 4.79 Å². The standard InChI is InChI=1S/C20H32N6O7/c1-11(25-18(30)13-5-3-7-21-13)17(29)23-9-15(27)22-10-16(28)24-12(2)19(31)26-8-4-6-14(26)20(32)33/h11-14,21H,3-10H2,1-2H3,(H,22,27)(H,23,29)(H,24,28)(H,25,30)(H,32,33)/t11-,12-,13-,14-/m0/s1. The number of nitrogens with zero attached hydrogens (tertiary/aromatic N) is 1. The fraction of sp³-hybridized carbons (Fsp3) is 0.700. The van der Waals surface area contributed by atoms with E-state index in [1.165, 1.54) is 18.7 Å². The first-order valence-corrected chi connectivity index (χ1v) is 11.0. The topological polar surface area (TPSA) is 186 Å². The van der Waals surface area contributed by atoms with Crippen molar-refractivity contribution in [3.05, 3.63) is 0 Å². The van der Waals surface area contributed by atoms with Crippen LogP contribution in [0.4, 0.5) is 0 Å². The number of nitrogens with one attached hydrogen (secondary N) is 5. The number of carbonyl (C=O) groups excluding carboxylic acids is 5. The van der Waals surface area contributed by atoms with Gasteiger partial charge >= 0.3 is 5.97 Å². The highest BCUT2D eigenvalue weighted by molar-refractivity contribution is 5.94. The Hall–Kier alpha value is -3.22. The SMILES string of the molecule is C[C@H](NC(=O)[C@@H]1CCCN1)C(=O)NCC(=O)NCC(=O)N[C@@H](C)C(=O)N1CCC[C@H]1C(=O)O. The van der Waals surface area contributed by atoms with Gasteiger partial charge in [-0.3, -0.25) is 24.0 Å². The second-order valence-electron chi connectivity index (χ2n) is 8.19. The van der Waals surface area contributed by atoms with Gasteiger partial charge in [0.15, 0.2) is 0 Å². The minimum Gasteiger partial charge on any atom is -0.480 e. The summed E-state index contributed by atoms with van der Waals surface area (Å²) in [4.78, 5) is 72.9. The molecule has 0 saturated carbocycles. The van der Waals surface area contributed by atoms with Crippen molar-refractivity contribution in [1.82, 2.24) is 31.5 Å². The van der Waals surface area contributed by atoms with Crippen molar-refractivity contribution in [2.24, 2.45) is 0 Å². The summed E-state index contributed by atoms with van der Waals surface area (Å²) in [5.41, 5.74) is 0. The monoisotopic (exact) mass is 468 g/mol. The predicted octanol–water partition coefficient (Wildman–Crippen LogP) is -2.94. The van der Waals surface area contributed by atoms with Gasteiger partial charge in [0.05, 0.1) is 19.1 Å². The molecule has 2 heterocycles. The number of carbonyl (C=O) groups is 6. The van der Waals surface area contributed by atoms with Gasteiger partial charge in [-0.15, -0.1) is 0 Å². The van der Waals surface area contributed by atoms with Gasteiger partial charge in [-0.2, -0.15) is 0 Å². The summed E-state index contributed by atoms with van der Waals surface area (Å²) in [7, 11) is 0. The van der Waals surface area contributed by atoms with E-state index < -0.39 is 60.8 Å². The summed E-state index contributed by atoms with van der Waals surface area (Å²) < 4.78 is 0. The molecule has 0 aromatic heterocycles. The summed E-state index contributed by atoms with van der Waals surface area (Å²) in [6.07, 6.45) is 2.53. The van der Waals surface area contributed by atoms with E-state index in [2.05, 4.69) is 26.6 Å². The Labute approximate surface area is 191 Å². The molecule has 2 fully saturated rings. The van der Waals surface area contributed by atoms with Crippen LogP contribution in [0.2, 0.25) is 0 Å². The molecule has 4 atom stereocenters. The molecule has 13 heteroatoms. The maximum Gasteiger partial charge on any atom is 0.326 e. The lowest BCUT2D eigenvalue weighted by molar-refractivity contribution is -0.149. The number of carboxylic acid groups (broad SMARTS) is 1. The molecule has 0 radical (unpaired) electrons. The van der Waals surface area contributed by atoms with Gasteiger partial charge in [-0.1, -0.05) is 0 Å². The van der Waals surface area contributed by atoms with Crippen molar-refractivity contribution in [1.29, 1.82) is 0 Å².